The molecule has 0 atom stereocenters. The van der Waals surface area contributed by atoms with Crippen LogP contribution in [0.1, 0.15) is 13.8 Å². The van der Waals surface area contributed by atoms with Gasteiger partial charge in [-0.3, -0.25) is 4.98 Å². The standard InChI is InChI=1S/C23H21F2N5O2/c1-12(2)29-23-18(25)6-14(10-27-23)22-17(24)5-13(9-26-22)16-11-28-30-19-8-21(32-4)20(31-3)7-15(16)19/h5-12H,1-4H3,(H,27,29). The van der Waals surface area contributed by atoms with Crippen molar-refractivity contribution in [2.24, 2.45) is 0 Å². The first kappa shape index (κ1) is 21.4. The number of anilines is 1. The van der Waals surface area contributed by atoms with Crippen LogP contribution in [-0.2, 0) is 0 Å². The van der Waals surface area contributed by atoms with Crippen LogP contribution >= 0.6 is 0 Å². The van der Waals surface area contributed by atoms with Gasteiger partial charge in [-0.15, -0.1) is 0 Å². The first-order valence-electron chi connectivity index (χ1n) is 9.87. The molecule has 0 saturated carbocycles. The summed E-state index contributed by atoms with van der Waals surface area (Å²) in [5.41, 5.74) is 1.91. The van der Waals surface area contributed by atoms with Crippen LogP contribution in [0, 0.1) is 11.6 Å². The third kappa shape index (κ3) is 4.01. The second kappa shape index (κ2) is 8.70. The number of ether oxygens (including phenoxy) is 2. The lowest BCUT2D eigenvalue weighted by atomic mass is 10.0. The lowest BCUT2D eigenvalue weighted by molar-refractivity contribution is 0.356. The molecule has 4 aromatic rings. The number of halogens is 2. The molecule has 3 aromatic heterocycles. The van der Waals surface area contributed by atoms with E-state index in [1.54, 1.807) is 12.1 Å². The monoisotopic (exact) mass is 437 g/mol. The van der Waals surface area contributed by atoms with Crippen molar-refractivity contribution in [2.45, 2.75) is 19.9 Å². The summed E-state index contributed by atoms with van der Waals surface area (Å²) < 4.78 is 40.1. The molecule has 0 bridgehead atoms. The largest absolute Gasteiger partial charge is 0.493 e. The highest BCUT2D eigenvalue weighted by Crippen LogP contribution is 2.36. The van der Waals surface area contributed by atoms with Crippen molar-refractivity contribution in [1.82, 2.24) is 20.2 Å². The summed E-state index contributed by atoms with van der Waals surface area (Å²) in [4.78, 5) is 8.29. The molecule has 9 heteroatoms. The summed E-state index contributed by atoms with van der Waals surface area (Å²) in [6, 6.07) is 6.00. The van der Waals surface area contributed by atoms with Gasteiger partial charge in [0.15, 0.2) is 23.1 Å². The minimum absolute atomic E-state index is 0.00168. The van der Waals surface area contributed by atoms with Crippen molar-refractivity contribution in [3.63, 3.8) is 0 Å². The van der Waals surface area contributed by atoms with Crippen LogP contribution < -0.4 is 14.8 Å². The molecule has 4 rings (SSSR count). The van der Waals surface area contributed by atoms with Gasteiger partial charge in [0.2, 0.25) is 0 Å². The molecule has 7 nitrogen and oxygen atoms in total. The van der Waals surface area contributed by atoms with E-state index < -0.39 is 11.6 Å². The normalized spacial score (nSPS) is 11.1. The van der Waals surface area contributed by atoms with Crippen molar-refractivity contribution in [1.29, 1.82) is 0 Å². The van der Waals surface area contributed by atoms with Crippen LogP contribution in [0.5, 0.6) is 11.5 Å². The number of aromatic nitrogens is 4. The molecule has 164 valence electrons. The Bertz CT molecular complexity index is 1300. The third-order valence-electron chi connectivity index (χ3n) is 4.84. The Kier molecular flexibility index (Phi) is 5.81. The van der Waals surface area contributed by atoms with Crippen LogP contribution in [-0.4, -0.2) is 40.4 Å². The van der Waals surface area contributed by atoms with Gasteiger partial charge in [-0.25, -0.2) is 13.8 Å². The lowest BCUT2D eigenvalue weighted by Crippen LogP contribution is -2.12. The number of rotatable bonds is 6. The van der Waals surface area contributed by atoms with Gasteiger partial charge in [-0.2, -0.15) is 10.2 Å². The van der Waals surface area contributed by atoms with E-state index >= 15 is 4.39 Å². The number of pyridine rings is 2. The molecule has 0 amide bonds. The van der Waals surface area contributed by atoms with E-state index in [2.05, 4.69) is 25.5 Å². The number of methoxy groups -OCH3 is 2. The molecular weight excluding hydrogens is 416 g/mol. The molecule has 0 spiro atoms. The third-order valence-corrected chi connectivity index (χ3v) is 4.84. The summed E-state index contributed by atoms with van der Waals surface area (Å²) in [5.74, 6) is -0.0583. The molecule has 1 N–H and O–H groups in total. The smallest absolute Gasteiger partial charge is 0.166 e. The maximum absolute atomic E-state index is 15.0. The minimum Gasteiger partial charge on any atom is -0.493 e. The Morgan fingerprint density at radius 3 is 2.19 bits per heavy atom. The zero-order valence-corrected chi connectivity index (χ0v) is 18.0. The second-order valence-corrected chi connectivity index (χ2v) is 7.39. The quantitative estimate of drug-likeness (QED) is 0.461. The zero-order valence-electron chi connectivity index (χ0n) is 18.0. The minimum atomic E-state index is -0.612. The Labute approximate surface area is 183 Å². The number of hydrogen-bond donors (Lipinski definition) is 1. The molecule has 0 aliphatic heterocycles. The summed E-state index contributed by atoms with van der Waals surface area (Å²) in [5, 5.41) is 11.7. The van der Waals surface area contributed by atoms with Gasteiger partial charge < -0.3 is 14.8 Å². The van der Waals surface area contributed by atoms with E-state index in [1.807, 2.05) is 13.8 Å². The Morgan fingerprint density at radius 2 is 1.53 bits per heavy atom. The van der Waals surface area contributed by atoms with Crippen molar-refractivity contribution >= 4 is 16.7 Å². The van der Waals surface area contributed by atoms with Crippen LogP contribution in [0.15, 0.2) is 42.9 Å². The van der Waals surface area contributed by atoms with E-state index in [-0.39, 0.29) is 23.1 Å². The van der Waals surface area contributed by atoms with E-state index in [9.17, 15) is 4.39 Å². The lowest BCUT2D eigenvalue weighted by Gasteiger charge is -2.12. The fraction of sp³-hybridized carbons (Fsp3) is 0.217. The van der Waals surface area contributed by atoms with Crippen molar-refractivity contribution in [2.75, 3.05) is 19.5 Å². The van der Waals surface area contributed by atoms with Gasteiger partial charge in [0.05, 0.1) is 25.9 Å². The summed E-state index contributed by atoms with van der Waals surface area (Å²) in [6.07, 6.45) is 4.42. The SMILES string of the molecule is COc1cc2nncc(-c3cnc(-c4cnc(NC(C)C)c(F)c4)c(F)c3)c2cc1OC. The number of nitrogens with zero attached hydrogens (tertiary/aromatic N) is 4. The van der Waals surface area contributed by atoms with Gasteiger partial charge in [-0.1, -0.05) is 0 Å². The molecule has 0 aliphatic rings. The predicted molar refractivity (Wildman–Crippen MR) is 118 cm³/mol. The van der Waals surface area contributed by atoms with Gasteiger partial charge in [0.25, 0.3) is 0 Å². The van der Waals surface area contributed by atoms with Crippen molar-refractivity contribution in [3.05, 3.63) is 54.5 Å². The number of fused-ring (bicyclic) bond motifs is 1. The Morgan fingerprint density at radius 1 is 0.844 bits per heavy atom. The number of benzene rings is 1. The molecular formula is C23H21F2N5O2. The summed E-state index contributed by atoms with van der Waals surface area (Å²) in [7, 11) is 3.06. The van der Waals surface area contributed by atoms with E-state index in [4.69, 9.17) is 9.47 Å². The maximum atomic E-state index is 15.0. The van der Waals surface area contributed by atoms with Crippen LogP contribution in [0.25, 0.3) is 33.3 Å². The van der Waals surface area contributed by atoms with Crippen molar-refractivity contribution in [3.8, 4) is 33.9 Å². The van der Waals surface area contributed by atoms with E-state index in [0.717, 1.165) is 0 Å². The van der Waals surface area contributed by atoms with Gasteiger partial charge in [-0.05, 0) is 32.0 Å². The molecule has 0 unspecified atom stereocenters. The van der Waals surface area contributed by atoms with Crippen molar-refractivity contribution < 1.29 is 18.3 Å². The summed E-state index contributed by atoms with van der Waals surface area (Å²) >= 11 is 0. The molecule has 1 aromatic carbocycles. The fourth-order valence-corrected chi connectivity index (χ4v) is 3.36. The van der Waals surface area contributed by atoms with E-state index in [0.29, 0.717) is 33.5 Å². The average molecular weight is 437 g/mol. The number of nitrogens with one attached hydrogen (secondary N) is 1. The van der Waals surface area contributed by atoms with Crippen LogP contribution in [0.3, 0.4) is 0 Å². The number of hydrogen-bond acceptors (Lipinski definition) is 7. The molecule has 3 heterocycles. The first-order valence-corrected chi connectivity index (χ1v) is 9.87. The Balaban J connectivity index is 1.76. The van der Waals surface area contributed by atoms with Gasteiger partial charge in [0, 0.05) is 46.6 Å². The fourth-order valence-electron chi connectivity index (χ4n) is 3.36. The first-order chi connectivity index (χ1) is 15.4. The molecule has 32 heavy (non-hydrogen) atoms. The average Bonchev–Trinajstić information content (AvgIpc) is 2.78. The highest BCUT2D eigenvalue weighted by molar-refractivity contribution is 5.95. The second-order valence-electron chi connectivity index (χ2n) is 7.39. The maximum Gasteiger partial charge on any atom is 0.166 e. The Hall–Kier alpha value is -3.88. The van der Waals surface area contributed by atoms with Crippen LogP contribution in [0.4, 0.5) is 14.6 Å². The molecule has 0 saturated heterocycles. The molecule has 0 fully saturated rings. The van der Waals surface area contributed by atoms with Crippen LogP contribution in [0.2, 0.25) is 0 Å². The zero-order chi connectivity index (χ0) is 22.8. The van der Waals surface area contributed by atoms with Gasteiger partial charge in [0.1, 0.15) is 11.5 Å². The predicted octanol–water partition coefficient (Wildman–Crippen LogP) is 4.87. The highest BCUT2D eigenvalue weighted by Gasteiger charge is 2.16. The molecule has 0 radical (unpaired) electrons. The van der Waals surface area contributed by atoms with E-state index in [1.165, 1.54) is 44.9 Å². The highest BCUT2D eigenvalue weighted by atomic mass is 19.1. The van der Waals surface area contributed by atoms with Gasteiger partial charge >= 0.3 is 0 Å². The summed E-state index contributed by atoms with van der Waals surface area (Å²) in [6.45, 7) is 3.75. The topological polar surface area (TPSA) is 82.1 Å². The molecule has 0 aliphatic carbocycles.